The molecule has 0 radical (unpaired) electrons. The first-order chi connectivity index (χ1) is 14.7. The summed E-state index contributed by atoms with van der Waals surface area (Å²) in [5.41, 5.74) is 1.85. The van der Waals surface area contributed by atoms with Gasteiger partial charge in [-0.2, -0.15) is 4.98 Å². The van der Waals surface area contributed by atoms with Crippen LogP contribution in [0.15, 0.2) is 70.7 Å². The zero-order chi connectivity index (χ0) is 21.2. The summed E-state index contributed by atoms with van der Waals surface area (Å²) in [6.45, 7) is 5.31. The van der Waals surface area contributed by atoms with E-state index >= 15 is 0 Å². The Morgan fingerprint density at radius 1 is 1.23 bits per heavy atom. The summed E-state index contributed by atoms with van der Waals surface area (Å²) in [7, 11) is 1.72. The lowest BCUT2D eigenvalue weighted by Gasteiger charge is -2.14. The Hall–Kier alpha value is -3.32. The average Bonchev–Trinajstić information content (AvgIpc) is 3.24. The average molecular weight is 426 g/mol. The summed E-state index contributed by atoms with van der Waals surface area (Å²) in [4.78, 5) is 8.66. The molecule has 2 N–H and O–H groups in total. The van der Waals surface area contributed by atoms with Crippen LogP contribution in [0.2, 0.25) is 5.02 Å². The van der Waals surface area contributed by atoms with Crippen molar-refractivity contribution in [2.75, 3.05) is 20.2 Å². The fourth-order valence-corrected chi connectivity index (χ4v) is 2.92. The molecule has 7 nitrogen and oxygen atoms in total. The third kappa shape index (κ3) is 6.09. The number of aromatic nitrogens is 2. The topological polar surface area (TPSA) is 84.6 Å². The number of aliphatic imine (C=N–C) groups is 1. The van der Waals surface area contributed by atoms with Crippen molar-refractivity contribution < 1.29 is 9.26 Å². The summed E-state index contributed by atoms with van der Waals surface area (Å²) >= 11 is 6.02. The van der Waals surface area contributed by atoms with Crippen LogP contribution >= 0.6 is 11.6 Å². The Kier molecular flexibility index (Phi) is 7.86. The molecule has 0 aliphatic carbocycles. The molecule has 1 aromatic heterocycles. The molecule has 30 heavy (non-hydrogen) atoms. The minimum atomic E-state index is 0.464. The largest absolute Gasteiger partial charge is 0.489 e. The number of hydrogen-bond donors (Lipinski definition) is 2. The van der Waals surface area contributed by atoms with E-state index in [-0.39, 0.29) is 0 Å². The number of hydrogen-bond acceptors (Lipinski definition) is 5. The van der Waals surface area contributed by atoms with E-state index in [0.717, 1.165) is 16.9 Å². The van der Waals surface area contributed by atoms with Crippen molar-refractivity contribution in [3.8, 4) is 17.1 Å². The van der Waals surface area contributed by atoms with Gasteiger partial charge < -0.3 is 19.9 Å². The molecule has 0 amide bonds. The molecule has 156 valence electrons. The minimum Gasteiger partial charge on any atom is -0.489 e. The fraction of sp³-hybridized carbons (Fsp3) is 0.227. The Morgan fingerprint density at radius 2 is 2.10 bits per heavy atom. The molecule has 0 fully saturated rings. The van der Waals surface area contributed by atoms with Gasteiger partial charge in [0.2, 0.25) is 11.7 Å². The second kappa shape index (κ2) is 11.0. The van der Waals surface area contributed by atoms with Crippen LogP contribution in [0.3, 0.4) is 0 Å². The highest BCUT2D eigenvalue weighted by atomic mass is 35.5. The van der Waals surface area contributed by atoms with Crippen LogP contribution in [0.4, 0.5) is 0 Å². The first-order valence-corrected chi connectivity index (χ1v) is 9.92. The minimum absolute atomic E-state index is 0.464. The zero-order valence-corrected chi connectivity index (χ0v) is 17.5. The summed E-state index contributed by atoms with van der Waals surface area (Å²) in [5, 5.41) is 11.2. The maximum Gasteiger partial charge on any atom is 0.228 e. The van der Waals surface area contributed by atoms with Crippen LogP contribution in [0, 0.1) is 0 Å². The normalized spacial score (nSPS) is 11.2. The van der Waals surface area contributed by atoms with Crippen molar-refractivity contribution in [3.63, 3.8) is 0 Å². The number of rotatable bonds is 9. The number of guanidine groups is 1. The van der Waals surface area contributed by atoms with Crippen LogP contribution in [-0.4, -0.2) is 36.3 Å². The van der Waals surface area contributed by atoms with Gasteiger partial charge in [0.1, 0.15) is 12.4 Å². The quantitative estimate of drug-likeness (QED) is 0.307. The molecule has 1 heterocycles. The van der Waals surface area contributed by atoms with E-state index in [1.807, 2.05) is 36.4 Å². The van der Waals surface area contributed by atoms with Crippen molar-refractivity contribution in [1.29, 1.82) is 0 Å². The smallest absolute Gasteiger partial charge is 0.228 e. The SMILES string of the molecule is C=CCOc1ccccc1CNC(=NC)NCCc1nc(-c2cccc(Cl)c2)no1. The van der Waals surface area contributed by atoms with Gasteiger partial charge in [-0.15, -0.1) is 0 Å². The summed E-state index contributed by atoms with van der Waals surface area (Å²) in [5.74, 6) is 2.55. The predicted molar refractivity (Wildman–Crippen MR) is 119 cm³/mol. The summed E-state index contributed by atoms with van der Waals surface area (Å²) in [6.07, 6.45) is 2.29. The van der Waals surface area contributed by atoms with Gasteiger partial charge in [0.25, 0.3) is 0 Å². The monoisotopic (exact) mass is 425 g/mol. The first kappa shape index (κ1) is 21.4. The van der Waals surface area contributed by atoms with E-state index in [2.05, 4.69) is 32.3 Å². The van der Waals surface area contributed by atoms with Gasteiger partial charge in [-0.1, -0.05) is 59.7 Å². The van der Waals surface area contributed by atoms with Gasteiger partial charge in [-0.25, -0.2) is 0 Å². The van der Waals surface area contributed by atoms with Crippen LogP contribution in [-0.2, 0) is 13.0 Å². The highest BCUT2D eigenvalue weighted by Gasteiger charge is 2.09. The highest BCUT2D eigenvalue weighted by Crippen LogP contribution is 2.20. The second-order valence-corrected chi connectivity index (χ2v) is 6.77. The molecule has 0 spiro atoms. The highest BCUT2D eigenvalue weighted by molar-refractivity contribution is 6.30. The molecule has 0 bridgehead atoms. The van der Waals surface area contributed by atoms with Gasteiger partial charge in [0.15, 0.2) is 5.96 Å². The van der Waals surface area contributed by atoms with Crippen LogP contribution in [0.25, 0.3) is 11.4 Å². The van der Waals surface area contributed by atoms with Gasteiger partial charge in [-0.3, -0.25) is 4.99 Å². The molecule has 0 saturated heterocycles. The zero-order valence-electron chi connectivity index (χ0n) is 16.8. The summed E-state index contributed by atoms with van der Waals surface area (Å²) in [6, 6.07) is 15.2. The van der Waals surface area contributed by atoms with E-state index in [1.54, 1.807) is 25.3 Å². The van der Waals surface area contributed by atoms with E-state index in [9.17, 15) is 0 Å². The Balaban J connectivity index is 1.49. The molecule has 2 aromatic carbocycles. The molecule has 0 aliphatic rings. The molecule has 0 saturated carbocycles. The van der Waals surface area contributed by atoms with Crippen LogP contribution < -0.4 is 15.4 Å². The lowest BCUT2D eigenvalue weighted by atomic mass is 10.2. The van der Waals surface area contributed by atoms with E-state index < -0.39 is 0 Å². The molecule has 0 unspecified atom stereocenters. The number of ether oxygens (including phenoxy) is 1. The van der Waals surface area contributed by atoms with E-state index in [0.29, 0.717) is 48.8 Å². The van der Waals surface area contributed by atoms with Gasteiger partial charge in [0, 0.05) is 42.7 Å². The standard InChI is InChI=1S/C22H24ClN5O2/c1-3-13-29-19-10-5-4-7-17(19)15-26-22(24-2)25-12-11-20-27-21(28-30-20)16-8-6-9-18(23)14-16/h3-10,14H,1,11-13,15H2,2H3,(H2,24,25,26). The van der Waals surface area contributed by atoms with Crippen molar-refractivity contribution in [1.82, 2.24) is 20.8 Å². The van der Waals surface area contributed by atoms with Crippen LogP contribution in [0.5, 0.6) is 5.75 Å². The maximum absolute atomic E-state index is 6.02. The number of nitrogens with zero attached hydrogens (tertiary/aromatic N) is 3. The molecule has 3 rings (SSSR count). The Labute approximate surface area is 180 Å². The number of halogens is 1. The van der Waals surface area contributed by atoms with Crippen molar-refractivity contribution >= 4 is 17.6 Å². The molecule has 0 atom stereocenters. The lowest BCUT2D eigenvalue weighted by molar-refractivity contribution is 0.358. The van der Waals surface area contributed by atoms with Crippen molar-refractivity contribution in [2.24, 2.45) is 4.99 Å². The molecular formula is C22H24ClN5O2. The summed E-state index contributed by atoms with van der Waals surface area (Å²) < 4.78 is 11.0. The van der Waals surface area contributed by atoms with Gasteiger partial charge in [-0.05, 0) is 18.2 Å². The lowest BCUT2D eigenvalue weighted by Crippen LogP contribution is -2.38. The third-order valence-corrected chi connectivity index (χ3v) is 4.42. The second-order valence-electron chi connectivity index (χ2n) is 6.33. The van der Waals surface area contributed by atoms with E-state index in [1.165, 1.54) is 0 Å². The molecule has 3 aromatic rings. The molecule has 8 heteroatoms. The predicted octanol–water partition coefficient (Wildman–Crippen LogP) is 3.86. The van der Waals surface area contributed by atoms with Gasteiger partial charge >= 0.3 is 0 Å². The molecule has 0 aliphatic heterocycles. The Bertz CT molecular complexity index is 1000. The number of benzene rings is 2. The fourth-order valence-electron chi connectivity index (χ4n) is 2.73. The van der Waals surface area contributed by atoms with Crippen molar-refractivity contribution in [2.45, 2.75) is 13.0 Å². The van der Waals surface area contributed by atoms with Crippen molar-refractivity contribution in [3.05, 3.63) is 77.7 Å². The maximum atomic E-state index is 6.02. The van der Waals surface area contributed by atoms with Crippen LogP contribution in [0.1, 0.15) is 11.5 Å². The van der Waals surface area contributed by atoms with E-state index in [4.69, 9.17) is 20.9 Å². The number of para-hydroxylation sites is 1. The van der Waals surface area contributed by atoms with Gasteiger partial charge in [0.05, 0.1) is 0 Å². The number of nitrogens with one attached hydrogen (secondary N) is 2. The third-order valence-electron chi connectivity index (χ3n) is 4.18. The Morgan fingerprint density at radius 3 is 2.90 bits per heavy atom. The first-order valence-electron chi connectivity index (χ1n) is 9.54. The molecular weight excluding hydrogens is 402 g/mol.